The van der Waals surface area contributed by atoms with E-state index in [0.717, 1.165) is 24.8 Å². The van der Waals surface area contributed by atoms with Gasteiger partial charge in [0.15, 0.2) is 11.6 Å². The molecule has 2 atom stereocenters. The number of piperazine rings is 1. The summed E-state index contributed by atoms with van der Waals surface area (Å²) in [5.41, 5.74) is 0.825. The van der Waals surface area contributed by atoms with Crippen molar-refractivity contribution in [3.05, 3.63) is 41.3 Å². The summed E-state index contributed by atoms with van der Waals surface area (Å²) < 4.78 is 32.9. The molecular formula is C17H22ClF2N3O. The Labute approximate surface area is 146 Å². The highest BCUT2D eigenvalue weighted by Gasteiger charge is 2.25. The normalized spacial score (nSPS) is 21.5. The van der Waals surface area contributed by atoms with E-state index >= 15 is 0 Å². The van der Waals surface area contributed by atoms with E-state index in [-0.39, 0.29) is 23.9 Å². The molecule has 0 radical (unpaired) electrons. The lowest BCUT2D eigenvalue weighted by Gasteiger charge is -2.37. The lowest BCUT2D eigenvalue weighted by molar-refractivity contribution is 0.137. The Bertz CT molecular complexity index is 707. The highest BCUT2D eigenvalue weighted by Crippen LogP contribution is 2.26. The molecule has 4 nitrogen and oxygen atoms in total. The first-order chi connectivity index (χ1) is 11.0. The molecule has 1 N–H and O–H groups in total. The highest BCUT2D eigenvalue weighted by molar-refractivity contribution is 5.85. The van der Waals surface area contributed by atoms with E-state index in [1.54, 1.807) is 6.92 Å². The van der Waals surface area contributed by atoms with Crippen molar-refractivity contribution in [3.63, 3.8) is 0 Å². The van der Waals surface area contributed by atoms with Crippen LogP contribution in [0.5, 0.6) is 0 Å². The zero-order valence-electron chi connectivity index (χ0n) is 14.0. The maximum absolute atomic E-state index is 13.9. The highest BCUT2D eigenvalue weighted by atomic mass is 35.5. The van der Waals surface area contributed by atoms with Gasteiger partial charge in [0.05, 0.1) is 11.3 Å². The first-order valence-electron chi connectivity index (χ1n) is 7.84. The summed E-state index contributed by atoms with van der Waals surface area (Å²) in [7, 11) is 0. The van der Waals surface area contributed by atoms with Crippen LogP contribution in [0.25, 0.3) is 11.5 Å². The fourth-order valence-corrected chi connectivity index (χ4v) is 2.87. The predicted octanol–water partition coefficient (Wildman–Crippen LogP) is 3.53. The quantitative estimate of drug-likeness (QED) is 0.912. The lowest BCUT2D eigenvalue weighted by atomic mass is 10.1. The van der Waals surface area contributed by atoms with Crippen molar-refractivity contribution in [2.45, 2.75) is 39.4 Å². The topological polar surface area (TPSA) is 41.3 Å². The van der Waals surface area contributed by atoms with Gasteiger partial charge < -0.3 is 9.73 Å². The van der Waals surface area contributed by atoms with Crippen LogP contribution < -0.4 is 5.32 Å². The molecule has 0 spiro atoms. The number of benzene rings is 1. The van der Waals surface area contributed by atoms with Gasteiger partial charge in [-0.25, -0.2) is 13.8 Å². The number of nitrogens with zero attached hydrogens (tertiary/aromatic N) is 2. The van der Waals surface area contributed by atoms with Crippen LogP contribution in [0, 0.1) is 18.6 Å². The van der Waals surface area contributed by atoms with Gasteiger partial charge in [-0.05, 0) is 32.9 Å². The summed E-state index contributed by atoms with van der Waals surface area (Å²) in [4.78, 5) is 6.72. The van der Waals surface area contributed by atoms with Crippen molar-refractivity contribution in [1.29, 1.82) is 0 Å². The molecule has 0 bridgehead atoms. The van der Waals surface area contributed by atoms with Crippen molar-refractivity contribution < 1.29 is 13.2 Å². The number of aryl methyl sites for hydroxylation is 1. The van der Waals surface area contributed by atoms with Gasteiger partial charge in [0.2, 0.25) is 5.89 Å². The van der Waals surface area contributed by atoms with Crippen molar-refractivity contribution in [3.8, 4) is 11.5 Å². The first-order valence-corrected chi connectivity index (χ1v) is 7.84. The SMILES string of the molecule is Cc1oc(-c2cccc(F)c2F)nc1CN1C[C@@H](C)NC[C@@H]1C.Cl. The number of halogens is 3. The monoisotopic (exact) mass is 357 g/mol. The van der Waals surface area contributed by atoms with Crippen LogP contribution in [-0.2, 0) is 6.54 Å². The maximum Gasteiger partial charge on any atom is 0.229 e. The van der Waals surface area contributed by atoms with Crippen LogP contribution in [0.4, 0.5) is 8.78 Å². The number of rotatable bonds is 3. The smallest absolute Gasteiger partial charge is 0.229 e. The minimum atomic E-state index is -0.926. The largest absolute Gasteiger partial charge is 0.441 e. The summed E-state index contributed by atoms with van der Waals surface area (Å²) in [6, 6.07) is 4.81. The van der Waals surface area contributed by atoms with Crippen molar-refractivity contribution in [2.75, 3.05) is 13.1 Å². The Morgan fingerprint density at radius 1 is 1.33 bits per heavy atom. The molecule has 1 fully saturated rings. The Kier molecular flexibility index (Phi) is 5.96. The molecule has 1 saturated heterocycles. The molecule has 1 aromatic carbocycles. The number of nitrogens with one attached hydrogen (secondary N) is 1. The van der Waals surface area contributed by atoms with Crippen molar-refractivity contribution in [2.24, 2.45) is 0 Å². The van der Waals surface area contributed by atoms with E-state index in [0.29, 0.717) is 24.4 Å². The average Bonchev–Trinajstić information content (AvgIpc) is 2.87. The van der Waals surface area contributed by atoms with Crippen LogP contribution in [-0.4, -0.2) is 35.1 Å². The van der Waals surface area contributed by atoms with E-state index < -0.39 is 11.6 Å². The third kappa shape index (κ3) is 3.77. The Morgan fingerprint density at radius 3 is 2.83 bits per heavy atom. The average molecular weight is 358 g/mol. The minimum absolute atomic E-state index is 0. The van der Waals surface area contributed by atoms with Crippen molar-refractivity contribution >= 4 is 12.4 Å². The number of hydrogen-bond donors (Lipinski definition) is 1. The third-order valence-electron chi connectivity index (χ3n) is 4.32. The fraction of sp³-hybridized carbons (Fsp3) is 0.471. The van der Waals surface area contributed by atoms with E-state index in [1.807, 2.05) is 0 Å². The molecular weight excluding hydrogens is 336 g/mol. The second kappa shape index (κ2) is 7.59. The summed E-state index contributed by atoms with van der Waals surface area (Å²) in [6.45, 7) is 8.57. The standard InChI is InChI=1S/C17H21F2N3O.ClH/c1-10-8-22(11(2)7-20-10)9-15-12(3)23-17(21-15)13-5-4-6-14(18)16(13)19;/h4-6,10-11,20H,7-9H2,1-3H3;1H/t10-,11+;/m1./s1. The van der Waals surface area contributed by atoms with Crippen LogP contribution in [0.3, 0.4) is 0 Å². The molecule has 2 aromatic rings. The fourth-order valence-electron chi connectivity index (χ4n) is 2.87. The summed E-state index contributed by atoms with van der Waals surface area (Å²) >= 11 is 0. The molecule has 1 aliphatic heterocycles. The molecule has 3 rings (SSSR count). The van der Waals surface area contributed by atoms with Crippen LogP contribution in [0.15, 0.2) is 22.6 Å². The lowest BCUT2D eigenvalue weighted by Crippen LogP contribution is -2.53. The van der Waals surface area contributed by atoms with Gasteiger partial charge in [-0.15, -0.1) is 12.4 Å². The van der Waals surface area contributed by atoms with E-state index in [4.69, 9.17) is 4.42 Å². The van der Waals surface area contributed by atoms with E-state index in [1.165, 1.54) is 12.1 Å². The molecule has 0 aliphatic carbocycles. The Morgan fingerprint density at radius 2 is 2.08 bits per heavy atom. The van der Waals surface area contributed by atoms with Gasteiger partial charge in [-0.3, -0.25) is 4.90 Å². The summed E-state index contributed by atoms with van der Waals surface area (Å²) in [5, 5.41) is 3.43. The molecule has 132 valence electrons. The zero-order chi connectivity index (χ0) is 16.6. The Balaban J connectivity index is 0.00000208. The molecule has 2 heterocycles. The number of oxazole rings is 1. The summed E-state index contributed by atoms with van der Waals surface area (Å²) in [6.07, 6.45) is 0. The first kappa shape index (κ1) is 18.8. The molecule has 24 heavy (non-hydrogen) atoms. The van der Waals surface area contributed by atoms with Crippen molar-refractivity contribution in [1.82, 2.24) is 15.2 Å². The van der Waals surface area contributed by atoms with Gasteiger partial charge >= 0.3 is 0 Å². The second-order valence-corrected chi connectivity index (χ2v) is 6.21. The molecule has 1 aliphatic rings. The van der Waals surface area contributed by atoms with E-state index in [2.05, 4.69) is 29.0 Å². The predicted molar refractivity (Wildman–Crippen MR) is 91.2 cm³/mol. The second-order valence-electron chi connectivity index (χ2n) is 6.21. The molecule has 0 unspecified atom stereocenters. The van der Waals surface area contributed by atoms with Crippen LogP contribution in [0.1, 0.15) is 25.3 Å². The van der Waals surface area contributed by atoms with Gasteiger partial charge in [-0.2, -0.15) is 0 Å². The van der Waals surface area contributed by atoms with Crippen LogP contribution >= 0.6 is 12.4 Å². The van der Waals surface area contributed by atoms with Crippen LogP contribution in [0.2, 0.25) is 0 Å². The zero-order valence-corrected chi connectivity index (χ0v) is 14.8. The minimum Gasteiger partial charge on any atom is -0.441 e. The maximum atomic E-state index is 13.9. The molecule has 0 amide bonds. The summed E-state index contributed by atoms with van der Waals surface area (Å²) in [5.74, 6) is -1.05. The third-order valence-corrected chi connectivity index (χ3v) is 4.32. The van der Waals surface area contributed by atoms with E-state index in [9.17, 15) is 8.78 Å². The number of hydrogen-bond acceptors (Lipinski definition) is 4. The molecule has 7 heteroatoms. The van der Waals surface area contributed by atoms with Gasteiger partial charge in [0.1, 0.15) is 5.76 Å². The Hall–Kier alpha value is -1.50. The van der Waals surface area contributed by atoms with Gasteiger partial charge in [0, 0.05) is 31.7 Å². The molecule has 1 aromatic heterocycles. The number of aromatic nitrogens is 1. The van der Waals surface area contributed by atoms with Gasteiger partial charge in [0.25, 0.3) is 0 Å². The molecule has 0 saturated carbocycles. The van der Waals surface area contributed by atoms with Gasteiger partial charge in [-0.1, -0.05) is 6.07 Å².